The van der Waals surface area contributed by atoms with E-state index in [4.69, 9.17) is 4.84 Å². The lowest BCUT2D eigenvalue weighted by molar-refractivity contribution is -0.140. The minimum Gasteiger partial charge on any atom is -0.396 e. The van der Waals surface area contributed by atoms with Gasteiger partial charge in [0.25, 0.3) is 0 Å². The molecule has 1 aliphatic rings. The average Bonchev–Trinajstić information content (AvgIpc) is 3.32. The van der Waals surface area contributed by atoms with E-state index in [-0.39, 0.29) is 17.6 Å². The molecule has 0 spiro atoms. The third-order valence-corrected chi connectivity index (χ3v) is 7.07. The van der Waals surface area contributed by atoms with Gasteiger partial charge in [-0.25, -0.2) is 4.39 Å². The minimum atomic E-state index is -1.04. The summed E-state index contributed by atoms with van der Waals surface area (Å²) in [7, 11) is 1.75. The second-order valence-corrected chi connectivity index (χ2v) is 9.87. The minimum absolute atomic E-state index is 0.143. The maximum Gasteiger partial charge on any atom is 0.248 e. The second kappa shape index (κ2) is 12.1. The Morgan fingerprint density at radius 2 is 1.92 bits per heavy atom. The highest BCUT2D eigenvalue weighted by molar-refractivity contribution is 5.99. The topological polar surface area (TPSA) is 86.8 Å². The quantitative estimate of drug-likeness (QED) is 0.303. The lowest BCUT2D eigenvalue weighted by Crippen LogP contribution is -2.60. The number of nitrogens with one attached hydrogen (secondary N) is 2. The molecule has 1 saturated carbocycles. The summed E-state index contributed by atoms with van der Waals surface area (Å²) in [5.41, 5.74) is 3.70. The fourth-order valence-corrected chi connectivity index (χ4v) is 4.84. The van der Waals surface area contributed by atoms with Crippen LogP contribution in [0.5, 0.6) is 0 Å². The van der Waals surface area contributed by atoms with Gasteiger partial charge < -0.3 is 20.0 Å². The Labute approximate surface area is 222 Å². The molecule has 1 aromatic heterocycles. The number of amides is 2. The van der Waals surface area contributed by atoms with Crippen molar-refractivity contribution in [1.82, 2.24) is 15.2 Å². The summed E-state index contributed by atoms with van der Waals surface area (Å²) in [6, 6.07) is 12.5. The summed E-state index contributed by atoms with van der Waals surface area (Å²) in [4.78, 5) is 36.8. The van der Waals surface area contributed by atoms with Gasteiger partial charge in [0.15, 0.2) is 0 Å². The number of H-pyrrole nitrogens is 1. The summed E-state index contributed by atoms with van der Waals surface area (Å²) >= 11 is 0. The van der Waals surface area contributed by atoms with Crippen LogP contribution in [0.25, 0.3) is 17.0 Å². The molecule has 4 rings (SSSR count). The van der Waals surface area contributed by atoms with Crippen molar-refractivity contribution >= 4 is 34.5 Å². The number of halogens is 1. The number of carbonyl (C=O) groups is 2. The molecule has 1 fully saturated rings. The second-order valence-electron chi connectivity index (χ2n) is 9.87. The van der Waals surface area contributed by atoms with Crippen LogP contribution in [0.15, 0.2) is 59.9 Å². The molecular weight excluding hydrogens is 483 g/mol. The highest BCUT2D eigenvalue weighted by Crippen LogP contribution is 2.30. The molecule has 8 heteroatoms. The van der Waals surface area contributed by atoms with Crippen LogP contribution >= 0.6 is 0 Å². The molecule has 200 valence electrons. The van der Waals surface area contributed by atoms with E-state index in [0.717, 1.165) is 33.3 Å². The predicted molar refractivity (Wildman–Crippen MR) is 148 cm³/mol. The van der Waals surface area contributed by atoms with Gasteiger partial charge in [0.1, 0.15) is 18.0 Å². The van der Waals surface area contributed by atoms with Crippen molar-refractivity contribution in [3.8, 4) is 0 Å². The van der Waals surface area contributed by atoms with E-state index in [0.29, 0.717) is 45.3 Å². The van der Waals surface area contributed by atoms with Gasteiger partial charge in [0.05, 0.1) is 5.71 Å². The number of benzene rings is 2. The van der Waals surface area contributed by atoms with Crippen LogP contribution in [-0.2, 0) is 20.8 Å². The van der Waals surface area contributed by atoms with Gasteiger partial charge in [0.2, 0.25) is 11.8 Å². The van der Waals surface area contributed by atoms with Crippen LogP contribution in [0, 0.1) is 12.7 Å². The number of likely N-dealkylation sites (N-methyl/N-ethyl adjacent to an activating group) is 1. The Bertz CT molecular complexity index is 1330. The van der Waals surface area contributed by atoms with E-state index in [1.807, 2.05) is 44.3 Å². The van der Waals surface area contributed by atoms with Crippen molar-refractivity contribution < 1.29 is 18.8 Å². The van der Waals surface area contributed by atoms with Crippen LogP contribution in [0.1, 0.15) is 49.3 Å². The first kappa shape index (κ1) is 27.1. The van der Waals surface area contributed by atoms with Crippen molar-refractivity contribution in [3.05, 3.63) is 77.2 Å². The summed E-state index contributed by atoms with van der Waals surface area (Å²) in [5, 5.41) is 8.01. The van der Waals surface area contributed by atoms with E-state index in [1.165, 1.54) is 18.2 Å². The average molecular weight is 519 g/mol. The summed E-state index contributed by atoms with van der Waals surface area (Å²) in [6.07, 6.45) is 7.62. The number of oxime groups is 1. The Morgan fingerprint density at radius 3 is 2.63 bits per heavy atom. The predicted octanol–water partition coefficient (Wildman–Crippen LogP) is 5.15. The van der Waals surface area contributed by atoms with Crippen molar-refractivity contribution in [3.63, 3.8) is 0 Å². The Hall–Kier alpha value is -3.94. The molecule has 0 saturated heterocycles. The largest absolute Gasteiger partial charge is 0.396 e. The molecule has 38 heavy (non-hydrogen) atoms. The highest BCUT2D eigenvalue weighted by Gasteiger charge is 2.43. The zero-order valence-corrected chi connectivity index (χ0v) is 22.2. The molecule has 0 aliphatic heterocycles. The van der Waals surface area contributed by atoms with Crippen molar-refractivity contribution in [1.29, 1.82) is 0 Å². The molecule has 0 radical (unpaired) electrons. The zero-order chi connectivity index (χ0) is 27.1. The standard InChI is InChI=1S/C30H35FN4O3/c1-4-38-34-25-13-16-30(17-14-25,33-28(36)12-9-22-7-5-21(2)6-8-22)29(37)35(3)18-15-23-20-32-27-11-10-24(31)19-26(23)27/h5-12,19-20,32H,4,13-18H2,1-3H3,(H,33,36)/b12-9+,34-25?. The van der Waals surface area contributed by atoms with Crippen LogP contribution < -0.4 is 5.32 Å². The van der Waals surface area contributed by atoms with E-state index in [1.54, 1.807) is 24.1 Å². The molecular formula is C30H35FN4O3. The molecule has 1 heterocycles. The number of hydrogen-bond acceptors (Lipinski definition) is 4. The number of fused-ring (bicyclic) bond motifs is 1. The zero-order valence-electron chi connectivity index (χ0n) is 22.2. The monoisotopic (exact) mass is 518 g/mol. The number of carbonyl (C=O) groups excluding carboxylic acids is 2. The first-order valence-corrected chi connectivity index (χ1v) is 13.1. The number of hydrogen-bond donors (Lipinski definition) is 2. The number of aromatic amines is 1. The fraction of sp³-hybridized carbons (Fsp3) is 0.367. The van der Waals surface area contributed by atoms with Gasteiger partial charge in [-0.1, -0.05) is 35.0 Å². The van der Waals surface area contributed by atoms with E-state index in [9.17, 15) is 14.0 Å². The van der Waals surface area contributed by atoms with Crippen LogP contribution in [0.3, 0.4) is 0 Å². The molecule has 2 aromatic carbocycles. The van der Waals surface area contributed by atoms with E-state index in [2.05, 4.69) is 15.5 Å². The van der Waals surface area contributed by atoms with Gasteiger partial charge in [0, 0.05) is 36.8 Å². The van der Waals surface area contributed by atoms with Gasteiger partial charge in [-0.3, -0.25) is 9.59 Å². The summed E-state index contributed by atoms with van der Waals surface area (Å²) in [5.74, 6) is -0.754. The first-order chi connectivity index (χ1) is 18.3. The smallest absolute Gasteiger partial charge is 0.248 e. The lowest BCUT2D eigenvalue weighted by atomic mass is 9.79. The van der Waals surface area contributed by atoms with Crippen molar-refractivity contribution in [2.24, 2.45) is 5.16 Å². The Morgan fingerprint density at radius 1 is 1.18 bits per heavy atom. The molecule has 2 amide bonds. The SMILES string of the molecule is CCON=C1CCC(NC(=O)/C=C/c2ccc(C)cc2)(C(=O)N(C)CCc2c[nH]c3ccc(F)cc23)CC1. The number of aryl methyl sites for hydroxylation is 1. The molecule has 0 bridgehead atoms. The number of nitrogens with zero attached hydrogens (tertiary/aromatic N) is 2. The van der Waals surface area contributed by atoms with Crippen LogP contribution in [0.2, 0.25) is 0 Å². The molecule has 0 atom stereocenters. The normalized spacial score (nSPS) is 17.5. The molecule has 0 unspecified atom stereocenters. The summed E-state index contributed by atoms with van der Waals surface area (Å²) in [6.45, 7) is 4.79. The number of aromatic nitrogens is 1. The Balaban J connectivity index is 1.48. The number of rotatable bonds is 9. The first-order valence-electron chi connectivity index (χ1n) is 13.1. The maximum atomic E-state index is 13.8. The molecule has 7 nitrogen and oxygen atoms in total. The van der Waals surface area contributed by atoms with Gasteiger partial charge in [-0.05, 0) is 81.4 Å². The molecule has 2 N–H and O–H groups in total. The van der Waals surface area contributed by atoms with Crippen LogP contribution in [0.4, 0.5) is 4.39 Å². The summed E-state index contributed by atoms with van der Waals surface area (Å²) < 4.78 is 13.8. The van der Waals surface area contributed by atoms with Crippen molar-refractivity contribution in [2.75, 3.05) is 20.2 Å². The Kier molecular flexibility index (Phi) is 8.61. The van der Waals surface area contributed by atoms with Crippen LogP contribution in [-0.4, -0.2) is 53.1 Å². The van der Waals surface area contributed by atoms with Gasteiger partial charge in [-0.15, -0.1) is 0 Å². The van der Waals surface area contributed by atoms with Gasteiger partial charge in [-0.2, -0.15) is 0 Å². The van der Waals surface area contributed by atoms with Crippen molar-refractivity contribution in [2.45, 2.75) is 51.5 Å². The maximum absolute atomic E-state index is 13.8. The molecule has 1 aliphatic carbocycles. The van der Waals surface area contributed by atoms with E-state index >= 15 is 0 Å². The van der Waals surface area contributed by atoms with E-state index < -0.39 is 5.54 Å². The fourth-order valence-electron chi connectivity index (χ4n) is 4.84. The third kappa shape index (κ3) is 6.49. The lowest BCUT2D eigenvalue weighted by Gasteiger charge is -2.39. The highest BCUT2D eigenvalue weighted by atomic mass is 19.1. The van der Waals surface area contributed by atoms with Gasteiger partial charge >= 0.3 is 0 Å². The molecule has 3 aromatic rings. The third-order valence-electron chi connectivity index (χ3n) is 7.07.